The number of hydrogen-bond acceptors (Lipinski definition) is 1. The first-order valence-electron chi connectivity index (χ1n) is 5.54. The lowest BCUT2D eigenvalue weighted by Gasteiger charge is -2.12. The average Bonchev–Trinajstić information content (AvgIpc) is 2.75. The Labute approximate surface area is 104 Å². The van der Waals surface area contributed by atoms with Crippen molar-refractivity contribution in [2.24, 2.45) is 0 Å². The normalized spacial score (nSPS) is 17.6. The number of hydrogen-bond donors (Lipinski definition) is 1. The van der Waals surface area contributed by atoms with Gasteiger partial charge in [-0.2, -0.15) is 0 Å². The second-order valence-corrected chi connectivity index (χ2v) is 4.60. The van der Waals surface area contributed by atoms with Crippen LogP contribution in [0.25, 0.3) is 0 Å². The molecule has 3 heteroatoms. The lowest BCUT2D eigenvalue weighted by Crippen LogP contribution is -2.07. The van der Waals surface area contributed by atoms with Crippen LogP contribution in [0.3, 0.4) is 0 Å². The maximum atomic E-state index is 13.7. The quantitative estimate of drug-likeness (QED) is 0.797. The number of para-hydroxylation sites is 1. The maximum absolute atomic E-state index is 13.7. The molecule has 1 aliphatic heterocycles. The molecule has 2 aromatic rings. The number of halogens is 2. The van der Waals surface area contributed by atoms with Gasteiger partial charge in [-0.3, -0.25) is 0 Å². The standard InChI is InChI=1S/C14H11ClFN/c15-11-6-3-4-9-8-13(17-14(9)11)10-5-1-2-7-12(10)16/h1-7,13,17H,8H2. The molecular weight excluding hydrogens is 237 g/mol. The van der Waals surface area contributed by atoms with Crippen LogP contribution < -0.4 is 5.32 Å². The Morgan fingerprint density at radius 3 is 2.71 bits per heavy atom. The molecule has 0 fully saturated rings. The maximum Gasteiger partial charge on any atom is 0.128 e. The second-order valence-electron chi connectivity index (χ2n) is 4.20. The van der Waals surface area contributed by atoms with E-state index in [0.29, 0.717) is 10.6 Å². The molecule has 1 nitrogen and oxygen atoms in total. The van der Waals surface area contributed by atoms with Gasteiger partial charge in [-0.15, -0.1) is 0 Å². The molecule has 17 heavy (non-hydrogen) atoms. The highest BCUT2D eigenvalue weighted by Gasteiger charge is 2.25. The van der Waals surface area contributed by atoms with Gasteiger partial charge in [-0.1, -0.05) is 41.9 Å². The zero-order valence-electron chi connectivity index (χ0n) is 9.08. The third kappa shape index (κ3) is 1.79. The summed E-state index contributed by atoms with van der Waals surface area (Å²) in [5.74, 6) is -0.172. The lowest BCUT2D eigenvalue weighted by molar-refractivity contribution is 0.595. The fraction of sp³-hybridized carbons (Fsp3) is 0.143. The number of anilines is 1. The first kappa shape index (κ1) is 10.6. The van der Waals surface area contributed by atoms with Crippen molar-refractivity contribution in [3.05, 3.63) is 64.4 Å². The highest BCUT2D eigenvalue weighted by Crippen LogP contribution is 2.39. The predicted molar refractivity (Wildman–Crippen MR) is 67.9 cm³/mol. The van der Waals surface area contributed by atoms with Crippen molar-refractivity contribution in [3.63, 3.8) is 0 Å². The summed E-state index contributed by atoms with van der Waals surface area (Å²) >= 11 is 6.11. The van der Waals surface area contributed by atoms with Crippen molar-refractivity contribution in [2.75, 3.05) is 5.32 Å². The van der Waals surface area contributed by atoms with E-state index in [1.165, 1.54) is 6.07 Å². The van der Waals surface area contributed by atoms with Crippen molar-refractivity contribution >= 4 is 17.3 Å². The van der Waals surface area contributed by atoms with Crippen molar-refractivity contribution in [3.8, 4) is 0 Å². The summed E-state index contributed by atoms with van der Waals surface area (Å²) in [6.45, 7) is 0. The van der Waals surface area contributed by atoms with Gasteiger partial charge >= 0.3 is 0 Å². The Kier molecular flexibility index (Phi) is 2.52. The van der Waals surface area contributed by atoms with Crippen molar-refractivity contribution in [1.29, 1.82) is 0 Å². The minimum Gasteiger partial charge on any atom is -0.376 e. The number of fused-ring (bicyclic) bond motifs is 1. The van der Waals surface area contributed by atoms with Crippen LogP contribution in [0.15, 0.2) is 42.5 Å². The van der Waals surface area contributed by atoms with Gasteiger partial charge in [0.15, 0.2) is 0 Å². The molecule has 0 bridgehead atoms. The van der Waals surface area contributed by atoms with Crippen LogP contribution >= 0.6 is 11.6 Å². The zero-order valence-corrected chi connectivity index (χ0v) is 9.84. The van der Waals surface area contributed by atoms with E-state index in [4.69, 9.17) is 11.6 Å². The van der Waals surface area contributed by atoms with Crippen LogP contribution in [-0.2, 0) is 6.42 Å². The SMILES string of the molecule is Fc1ccccc1C1Cc2cccc(Cl)c2N1. The minimum absolute atomic E-state index is 0.0221. The van der Waals surface area contributed by atoms with Gasteiger partial charge in [0.25, 0.3) is 0 Å². The van der Waals surface area contributed by atoms with Gasteiger partial charge in [0.1, 0.15) is 5.82 Å². The van der Waals surface area contributed by atoms with E-state index in [9.17, 15) is 4.39 Å². The zero-order chi connectivity index (χ0) is 11.8. The Morgan fingerprint density at radius 2 is 1.94 bits per heavy atom. The van der Waals surface area contributed by atoms with E-state index in [1.54, 1.807) is 6.07 Å². The van der Waals surface area contributed by atoms with Gasteiger partial charge in [-0.25, -0.2) is 4.39 Å². The third-order valence-electron chi connectivity index (χ3n) is 3.12. The summed E-state index contributed by atoms with van der Waals surface area (Å²) in [6, 6.07) is 12.6. The molecule has 0 radical (unpaired) electrons. The summed E-state index contributed by atoms with van der Waals surface area (Å²) in [5, 5.41) is 3.98. The lowest BCUT2D eigenvalue weighted by atomic mass is 10.0. The fourth-order valence-electron chi connectivity index (χ4n) is 2.29. The van der Waals surface area contributed by atoms with Crippen LogP contribution in [0.4, 0.5) is 10.1 Å². The van der Waals surface area contributed by atoms with Crippen LogP contribution in [0.5, 0.6) is 0 Å². The smallest absolute Gasteiger partial charge is 0.128 e. The Bertz CT molecular complexity index is 568. The molecule has 0 saturated heterocycles. The molecule has 1 aliphatic rings. The minimum atomic E-state index is -0.172. The van der Waals surface area contributed by atoms with E-state index in [2.05, 4.69) is 5.32 Å². The highest BCUT2D eigenvalue weighted by atomic mass is 35.5. The Balaban J connectivity index is 1.97. The Hall–Kier alpha value is -1.54. The first-order valence-corrected chi connectivity index (χ1v) is 5.92. The largest absolute Gasteiger partial charge is 0.376 e. The van der Waals surface area contributed by atoms with Gasteiger partial charge in [0, 0.05) is 5.56 Å². The summed E-state index contributed by atoms with van der Waals surface area (Å²) in [5.41, 5.74) is 2.77. The summed E-state index contributed by atoms with van der Waals surface area (Å²) in [7, 11) is 0. The average molecular weight is 248 g/mol. The number of benzene rings is 2. The molecule has 1 unspecified atom stereocenters. The van der Waals surface area contributed by atoms with Gasteiger partial charge in [0.05, 0.1) is 16.8 Å². The third-order valence-corrected chi connectivity index (χ3v) is 3.44. The molecule has 0 aromatic heterocycles. The molecule has 2 aromatic carbocycles. The number of rotatable bonds is 1. The van der Waals surface area contributed by atoms with Gasteiger partial charge in [0.2, 0.25) is 0 Å². The van der Waals surface area contributed by atoms with Crippen LogP contribution in [0.2, 0.25) is 5.02 Å². The first-order chi connectivity index (χ1) is 8.25. The molecule has 0 aliphatic carbocycles. The van der Waals surface area contributed by atoms with Crippen LogP contribution in [0.1, 0.15) is 17.2 Å². The van der Waals surface area contributed by atoms with Gasteiger partial charge < -0.3 is 5.32 Å². The summed E-state index contributed by atoms with van der Waals surface area (Å²) in [4.78, 5) is 0. The van der Waals surface area contributed by atoms with Crippen molar-refractivity contribution in [2.45, 2.75) is 12.5 Å². The van der Waals surface area contributed by atoms with E-state index in [-0.39, 0.29) is 11.9 Å². The van der Waals surface area contributed by atoms with Crippen molar-refractivity contribution in [1.82, 2.24) is 0 Å². The highest BCUT2D eigenvalue weighted by molar-refractivity contribution is 6.33. The second kappa shape index (κ2) is 4.04. The van der Waals surface area contributed by atoms with E-state index < -0.39 is 0 Å². The monoisotopic (exact) mass is 247 g/mol. The van der Waals surface area contributed by atoms with E-state index in [0.717, 1.165) is 17.7 Å². The Morgan fingerprint density at radius 1 is 1.12 bits per heavy atom. The number of nitrogens with one attached hydrogen (secondary N) is 1. The fourth-order valence-corrected chi connectivity index (χ4v) is 2.54. The molecule has 3 rings (SSSR count). The molecule has 0 amide bonds. The molecule has 0 spiro atoms. The molecule has 1 atom stereocenters. The molecular formula is C14H11ClFN. The molecule has 1 N–H and O–H groups in total. The molecule has 0 saturated carbocycles. The van der Waals surface area contributed by atoms with E-state index >= 15 is 0 Å². The van der Waals surface area contributed by atoms with Crippen LogP contribution in [0, 0.1) is 5.82 Å². The van der Waals surface area contributed by atoms with Gasteiger partial charge in [-0.05, 0) is 24.1 Å². The van der Waals surface area contributed by atoms with Crippen LogP contribution in [-0.4, -0.2) is 0 Å². The van der Waals surface area contributed by atoms with Crippen molar-refractivity contribution < 1.29 is 4.39 Å². The van der Waals surface area contributed by atoms with E-state index in [1.807, 2.05) is 30.3 Å². The predicted octanol–water partition coefficient (Wildman–Crippen LogP) is 4.19. The summed E-state index contributed by atoms with van der Waals surface area (Å²) in [6.07, 6.45) is 0.775. The molecule has 86 valence electrons. The molecule has 1 heterocycles. The topological polar surface area (TPSA) is 12.0 Å². The summed E-state index contributed by atoms with van der Waals surface area (Å²) < 4.78 is 13.7.